The van der Waals surface area contributed by atoms with E-state index in [4.69, 9.17) is 16.3 Å². The molecule has 2 aliphatic heterocycles. The highest BCUT2D eigenvalue weighted by molar-refractivity contribution is 7.89. The number of ether oxygens (including phenoxy) is 1. The van der Waals surface area contributed by atoms with E-state index in [1.54, 1.807) is 17.0 Å². The summed E-state index contributed by atoms with van der Waals surface area (Å²) in [4.78, 5) is 14.4. The van der Waals surface area contributed by atoms with Gasteiger partial charge in [0.2, 0.25) is 15.9 Å². The number of hydrogen-bond acceptors (Lipinski definition) is 4. The predicted molar refractivity (Wildman–Crippen MR) is 110 cm³/mol. The molecule has 2 aliphatic rings. The number of carbonyl (C=O) groups excluding carboxylic acids is 1. The summed E-state index contributed by atoms with van der Waals surface area (Å²) in [5.41, 5.74) is -0.0908. The molecule has 2 fully saturated rings. The van der Waals surface area contributed by atoms with Gasteiger partial charge in [0.15, 0.2) is 0 Å². The summed E-state index contributed by atoms with van der Waals surface area (Å²) in [5, 5.41) is 0.618. The van der Waals surface area contributed by atoms with Crippen LogP contribution in [-0.2, 0) is 26.0 Å². The topological polar surface area (TPSA) is 66.9 Å². The summed E-state index contributed by atoms with van der Waals surface area (Å²) in [6.07, 6.45) is 1.04. The molecule has 30 heavy (non-hydrogen) atoms. The summed E-state index contributed by atoms with van der Waals surface area (Å²) in [5.74, 6) is -0.507. The molecule has 2 aromatic carbocycles. The molecule has 0 saturated carbocycles. The highest BCUT2D eigenvalue weighted by Crippen LogP contribution is 2.38. The Morgan fingerprint density at radius 1 is 1.03 bits per heavy atom. The zero-order valence-electron chi connectivity index (χ0n) is 16.3. The molecule has 160 valence electrons. The average Bonchev–Trinajstić information content (AvgIpc) is 3.14. The van der Waals surface area contributed by atoms with Gasteiger partial charge in [-0.15, -0.1) is 0 Å². The van der Waals surface area contributed by atoms with E-state index in [1.165, 1.54) is 16.4 Å². The number of carbonyl (C=O) groups is 1. The molecule has 1 amide bonds. The van der Waals surface area contributed by atoms with Crippen LogP contribution in [0.15, 0.2) is 53.4 Å². The summed E-state index contributed by atoms with van der Waals surface area (Å²) in [7, 11) is -3.83. The monoisotopic (exact) mass is 452 g/mol. The maximum atomic E-state index is 13.2. The van der Waals surface area contributed by atoms with E-state index >= 15 is 0 Å². The van der Waals surface area contributed by atoms with E-state index in [0.717, 1.165) is 17.7 Å². The van der Waals surface area contributed by atoms with Gasteiger partial charge in [-0.05, 0) is 42.0 Å². The summed E-state index contributed by atoms with van der Waals surface area (Å²) < 4.78 is 46.8. The Labute approximate surface area is 180 Å². The van der Waals surface area contributed by atoms with Gasteiger partial charge in [-0.1, -0.05) is 23.7 Å². The van der Waals surface area contributed by atoms with Crippen LogP contribution in [0.4, 0.5) is 4.39 Å². The lowest BCUT2D eigenvalue weighted by atomic mass is 10.00. The maximum absolute atomic E-state index is 13.2. The molecular formula is C21H22ClFN2O4S. The van der Waals surface area contributed by atoms with Crippen molar-refractivity contribution in [2.45, 2.75) is 29.9 Å². The van der Waals surface area contributed by atoms with Crippen molar-refractivity contribution in [2.75, 3.05) is 26.2 Å². The molecule has 0 bridgehead atoms. The zero-order valence-corrected chi connectivity index (χ0v) is 17.8. The van der Waals surface area contributed by atoms with Crippen LogP contribution in [0.1, 0.15) is 18.4 Å². The normalized spacial score (nSPS) is 19.3. The second-order valence-corrected chi connectivity index (χ2v) is 9.81. The van der Waals surface area contributed by atoms with E-state index in [1.807, 2.05) is 12.1 Å². The minimum atomic E-state index is -3.83. The molecule has 6 nitrogen and oxygen atoms in total. The Hall–Kier alpha value is -2.00. The van der Waals surface area contributed by atoms with Crippen LogP contribution in [0.5, 0.6) is 0 Å². The third kappa shape index (κ3) is 4.09. The molecular weight excluding hydrogens is 431 g/mol. The fraction of sp³-hybridized carbons (Fsp3) is 0.381. The van der Waals surface area contributed by atoms with E-state index in [-0.39, 0.29) is 23.8 Å². The van der Waals surface area contributed by atoms with Crippen molar-refractivity contribution in [3.63, 3.8) is 0 Å². The molecule has 0 N–H and O–H groups in total. The van der Waals surface area contributed by atoms with Gasteiger partial charge < -0.3 is 9.64 Å². The fourth-order valence-electron chi connectivity index (χ4n) is 4.06. The van der Waals surface area contributed by atoms with Crippen LogP contribution < -0.4 is 0 Å². The van der Waals surface area contributed by atoms with Crippen molar-refractivity contribution >= 4 is 27.5 Å². The number of hydrogen-bond donors (Lipinski definition) is 0. The molecule has 0 unspecified atom stereocenters. The lowest BCUT2D eigenvalue weighted by Crippen LogP contribution is -2.55. The van der Waals surface area contributed by atoms with Gasteiger partial charge in [0.1, 0.15) is 11.5 Å². The van der Waals surface area contributed by atoms with Crippen LogP contribution in [0.3, 0.4) is 0 Å². The molecule has 2 aromatic rings. The van der Waals surface area contributed by atoms with Gasteiger partial charge in [-0.25, -0.2) is 12.8 Å². The van der Waals surface area contributed by atoms with Crippen LogP contribution in [0.25, 0.3) is 0 Å². The summed E-state index contributed by atoms with van der Waals surface area (Å²) in [6, 6.07) is 11.9. The lowest BCUT2D eigenvalue weighted by Gasteiger charge is -2.42. The van der Waals surface area contributed by atoms with Gasteiger partial charge in [0.25, 0.3) is 0 Å². The Kier molecular flexibility index (Phi) is 5.85. The van der Waals surface area contributed by atoms with Crippen molar-refractivity contribution in [3.05, 3.63) is 64.9 Å². The molecule has 9 heteroatoms. The van der Waals surface area contributed by atoms with Crippen LogP contribution >= 0.6 is 11.6 Å². The molecule has 2 saturated heterocycles. The van der Waals surface area contributed by atoms with Gasteiger partial charge in [-0.2, -0.15) is 4.31 Å². The number of sulfonamides is 1. The number of piperidine rings is 1. The highest BCUT2D eigenvalue weighted by Gasteiger charge is 2.50. The Balaban J connectivity index is 1.45. The molecule has 0 radical (unpaired) electrons. The van der Waals surface area contributed by atoms with Crippen LogP contribution in [0.2, 0.25) is 5.02 Å². The van der Waals surface area contributed by atoms with Crippen molar-refractivity contribution in [1.82, 2.24) is 9.21 Å². The predicted octanol–water partition coefficient (Wildman–Crippen LogP) is 3.06. The van der Waals surface area contributed by atoms with Crippen LogP contribution in [-0.4, -0.2) is 55.5 Å². The summed E-state index contributed by atoms with van der Waals surface area (Å²) >= 11 is 5.89. The highest BCUT2D eigenvalue weighted by atomic mass is 35.5. The minimum Gasteiger partial charge on any atom is -0.358 e. The number of likely N-dealkylation sites (tertiary alicyclic amines) is 1. The first-order valence-electron chi connectivity index (χ1n) is 9.75. The summed E-state index contributed by atoms with van der Waals surface area (Å²) in [6.45, 7) is 1.33. The van der Waals surface area contributed by atoms with E-state index in [0.29, 0.717) is 37.6 Å². The van der Waals surface area contributed by atoms with Gasteiger partial charge in [0.05, 0.1) is 17.9 Å². The molecule has 2 heterocycles. The van der Waals surface area contributed by atoms with Crippen molar-refractivity contribution < 1.29 is 22.3 Å². The standard InChI is InChI=1S/C21H22ClFN2O4S/c22-17-3-1-16(2-4-17)15-20(26)24-11-9-21(10-12-24)25(13-14-29-21)30(27,28)19-7-5-18(23)6-8-19/h1-8H,9-15H2. The van der Waals surface area contributed by atoms with Gasteiger partial charge in [-0.3, -0.25) is 4.79 Å². The number of nitrogens with zero attached hydrogens (tertiary/aromatic N) is 2. The SMILES string of the molecule is O=C(Cc1ccc(Cl)cc1)N1CCC2(CC1)OCCN2S(=O)(=O)c1ccc(F)cc1. The number of benzene rings is 2. The Morgan fingerprint density at radius 2 is 1.67 bits per heavy atom. The number of amides is 1. The van der Waals surface area contributed by atoms with Crippen molar-refractivity contribution in [1.29, 1.82) is 0 Å². The van der Waals surface area contributed by atoms with Gasteiger partial charge in [0, 0.05) is 37.5 Å². The molecule has 0 aromatic heterocycles. The quantitative estimate of drug-likeness (QED) is 0.715. The first-order chi connectivity index (χ1) is 14.3. The number of rotatable bonds is 4. The first kappa shape index (κ1) is 21.2. The second-order valence-electron chi connectivity index (χ2n) is 7.51. The molecule has 0 atom stereocenters. The number of halogens is 2. The smallest absolute Gasteiger partial charge is 0.245 e. The van der Waals surface area contributed by atoms with Crippen LogP contribution in [0, 0.1) is 5.82 Å². The van der Waals surface area contributed by atoms with E-state index < -0.39 is 21.6 Å². The Bertz CT molecular complexity index is 1020. The Morgan fingerprint density at radius 3 is 2.30 bits per heavy atom. The minimum absolute atomic E-state index is 0.0156. The second kappa shape index (κ2) is 8.26. The average molecular weight is 453 g/mol. The zero-order chi connectivity index (χ0) is 21.4. The van der Waals surface area contributed by atoms with E-state index in [2.05, 4.69) is 0 Å². The third-order valence-corrected chi connectivity index (χ3v) is 7.90. The molecule has 4 rings (SSSR count). The molecule has 1 spiro atoms. The largest absolute Gasteiger partial charge is 0.358 e. The lowest BCUT2D eigenvalue weighted by molar-refractivity contribution is -0.139. The molecule has 0 aliphatic carbocycles. The third-order valence-electron chi connectivity index (χ3n) is 5.69. The first-order valence-corrected chi connectivity index (χ1v) is 11.6. The van der Waals surface area contributed by atoms with E-state index in [9.17, 15) is 17.6 Å². The van der Waals surface area contributed by atoms with Crippen molar-refractivity contribution in [3.8, 4) is 0 Å². The fourth-order valence-corrected chi connectivity index (χ4v) is 5.90. The van der Waals surface area contributed by atoms with Gasteiger partial charge >= 0.3 is 0 Å². The maximum Gasteiger partial charge on any atom is 0.245 e. The van der Waals surface area contributed by atoms with Crippen molar-refractivity contribution in [2.24, 2.45) is 0 Å².